The SMILES string of the molecule is Cc1ccc(C)c(-n2c(C)cc(/C=C3\SC(=Nc4cc(C)c(Br)c(C)c4)NC3=O)c2C)c1. The highest BCUT2D eigenvalue weighted by atomic mass is 79.9. The number of amidine groups is 1. The normalized spacial score (nSPS) is 16.3. The van der Waals surface area contributed by atoms with E-state index in [1.54, 1.807) is 0 Å². The van der Waals surface area contributed by atoms with Crippen molar-refractivity contribution in [2.24, 2.45) is 4.99 Å². The van der Waals surface area contributed by atoms with Gasteiger partial charge in [0.1, 0.15) is 0 Å². The largest absolute Gasteiger partial charge is 0.318 e. The van der Waals surface area contributed by atoms with Gasteiger partial charge in [-0.3, -0.25) is 4.79 Å². The third kappa shape index (κ3) is 4.34. The van der Waals surface area contributed by atoms with E-state index < -0.39 is 0 Å². The van der Waals surface area contributed by atoms with Gasteiger partial charge in [-0.2, -0.15) is 0 Å². The van der Waals surface area contributed by atoms with Crippen LogP contribution in [0.25, 0.3) is 11.8 Å². The molecule has 0 radical (unpaired) electrons. The van der Waals surface area contributed by atoms with Gasteiger partial charge < -0.3 is 9.88 Å². The van der Waals surface area contributed by atoms with Crippen LogP contribution in [0.15, 0.2) is 50.8 Å². The molecule has 3 aromatic rings. The molecule has 0 saturated carbocycles. The number of thioether (sulfide) groups is 1. The summed E-state index contributed by atoms with van der Waals surface area (Å²) in [5.41, 5.74) is 9.99. The molecule has 1 N–H and O–H groups in total. The van der Waals surface area contributed by atoms with Crippen molar-refractivity contribution in [2.75, 3.05) is 0 Å². The van der Waals surface area contributed by atoms with Gasteiger partial charge in [0.05, 0.1) is 10.6 Å². The number of amides is 1. The lowest BCUT2D eigenvalue weighted by Crippen LogP contribution is -2.19. The average molecular weight is 508 g/mol. The Hall–Kier alpha value is -2.57. The molecule has 0 bridgehead atoms. The van der Waals surface area contributed by atoms with E-state index in [0.29, 0.717) is 10.1 Å². The van der Waals surface area contributed by atoms with Crippen molar-refractivity contribution in [1.82, 2.24) is 9.88 Å². The third-order valence-corrected chi connectivity index (χ3v) is 7.83. The molecule has 6 heteroatoms. The fraction of sp³-hybridized carbons (Fsp3) is 0.231. The summed E-state index contributed by atoms with van der Waals surface area (Å²) in [6.45, 7) is 12.5. The molecule has 0 atom stereocenters. The lowest BCUT2D eigenvalue weighted by Gasteiger charge is -2.13. The monoisotopic (exact) mass is 507 g/mol. The minimum Gasteiger partial charge on any atom is -0.318 e. The Morgan fingerprint density at radius 1 is 0.969 bits per heavy atom. The lowest BCUT2D eigenvalue weighted by atomic mass is 10.1. The molecule has 4 nitrogen and oxygen atoms in total. The standard InChI is InChI=1S/C26H26BrN3OS/c1-14-7-8-15(2)22(9-14)30-18(5)12-20(19(30)6)13-23-25(31)29-26(32-23)28-21-10-16(3)24(27)17(4)11-21/h7-13H,1-6H3,(H,28,29,31)/b23-13-. The van der Waals surface area contributed by atoms with Crippen molar-refractivity contribution in [3.05, 3.63) is 85.0 Å². The molecule has 1 aromatic heterocycles. The summed E-state index contributed by atoms with van der Waals surface area (Å²) in [4.78, 5) is 18.0. The van der Waals surface area contributed by atoms with Crippen LogP contribution in [0.5, 0.6) is 0 Å². The second-order valence-corrected chi connectivity index (χ2v) is 10.2. The van der Waals surface area contributed by atoms with Gasteiger partial charge in [0, 0.05) is 21.5 Å². The number of aryl methyl sites for hydroxylation is 5. The molecule has 4 rings (SSSR count). The number of rotatable bonds is 3. The fourth-order valence-corrected chi connectivity index (χ4v) is 5.05. The Morgan fingerprint density at radius 2 is 1.66 bits per heavy atom. The van der Waals surface area contributed by atoms with Gasteiger partial charge in [-0.15, -0.1) is 0 Å². The number of aromatic nitrogens is 1. The van der Waals surface area contributed by atoms with Crippen molar-refractivity contribution in [3.63, 3.8) is 0 Å². The number of benzene rings is 2. The van der Waals surface area contributed by atoms with Crippen LogP contribution in [0.1, 0.15) is 39.2 Å². The quantitative estimate of drug-likeness (QED) is 0.388. The molecular formula is C26H26BrN3OS. The highest BCUT2D eigenvalue weighted by Gasteiger charge is 2.25. The van der Waals surface area contributed by atoms with Crippen LogP contribution in [0, 0.1) is 41.5 Å². The molecule has 1 amide bonds. The highest BCUT2D eigenvalue weighted by molar-refractivity contribution is 9.10. The maximum atomic E-state index is 12.6. The van der Waals surface area contributed by atoms with E-state index in [9.17, 15) is 4.79 Å². The first-order valence-corrected chi connectivity index (χ1v) is 12.1. The van der Waals surface area contributed by atoms with Crippen LogP contribution in [0.3, 0.4) is 0 Å². The second kappa shape index (κ2) is 8.75. The number of nitrogens with one attached hydrogen (secondary N) is 1. The van der Waals surface area contributed by atoms with E-state index >= 15 is 0 Å². The van der Waals surface area contributed by atoms with Crippen LogP contribution in [0.4, 0.5) is 5.69 Å². The highest BCUT2D eigenvalue weighted by Crippen LogP contribution is 2.32. The average Bonchev–Trinajstić information content (AvgIpc) is 3.20. The van der Waals surface area contributed by atoms with E-state index in [1.165, 1.54) is 28.6 Å². The summed E-state index contributed by atoms with van der Waals surface area (Å²) in [5, 5.41) is 3.51. The summed E-state index contributed by atoms with van der Waals surface area (Å²) in [6, 6.07) is 12.6. The molecule has 1 saturated heterocycles. The van der Waals surface area contributed by atoms with Gasteiger partial charge >= 0.3 is 0 Å². The number of aliphatic imine (C=N–C) groups is 1. The van der Waals surface area contributed by atoms with Crippen LogP contribution in [0.2, 0.25) is 0 Å². The van der Waals surface area contributed by atoms with Gasteiger partial charge in [-0.25, -0.2) is 4.99 Å². The van der Waals surface area contributed by atoms with E-state index in [0.717, 1.165) is 38.2 Å². The van der Waals surface area contributed by atoms with Gasteiger partial charge in [-0.05, 0) is 111 Å². The van der Waals surface area contributed by atoms with E-state index in [-0.39, 0.29) is 5.91 Å². The molecule has 164 valence electrons. The maximum absolute atomic E-state index is 12.6. The lowest BCUT2D eigenvalue weighted by molar-refractivity contribution is -0.115. The van der Waals surface area contributed by atoms with Gasteiger partial charge in [0.2, 0.25) is 0 Å². The fourth-order valence-electron chi connectivity index (χ4n) is 3.99. The smallest absolute Gasteiger partial charge is 0.264 e. The second-order valence-electron chi connectivity index (χ2n) is 8.33. The van der Waals surface area contributed by atoms with Crippen molar-refractivity contribution >= 4 is 50.5 Å². The summed E-state index contributed by atoms with van der Waals surface area (Å²) in [6.07, 6.45) is 1.96. The molecule has 0 aliphatic carbocycles. The number of nitrogens with zero attached hydrogens (tertiary/aromatic N) is 2. The Balaban J connectivity index is 1.67. The predicted molar refractivity (Wildman–Crippen MR) is 139 cm³/mol. The molecular weight excluding hydrogens is 482 g/mol. The Bertz CT molecular complexity index is 1290. The van der Waals surface area contributed by atoms with Crippen molar-refractivity contribution in [3.8, 4) is 5.69 Å². The molecule has 1 fully saturated rings. The molecule has 32 heavy (non-hydrogen) atoms. The van der Waals surface area contributed by atoms with Gasteiger partial charge in [0.25, 0.3) is 5.91 Å². The molecule has 1 aliphatic rings. The molecule has 1 aliphatic heterocycles. The molecule has 0 spiro atoms. The van der Waals surface area contributed by atoms with Crippen LogP contribution in [-0.4, -0.2) is 15.6 Å². The summed E-state index contributed by atoms with van der Waals surface area (Å²) >= 11 is 4.97. The first kappa shape index (κ1) is 22.6. The zero-order chi connectivity index (χ0) is 23.2. The number of halogens is 1. The minimum atomic E-state index is -0.115. The third-order valence-electron chi connectivity index (χ3n) is 5.67. The Kier molecular flexibility index (Phi) is 6.19. The van der Waals surface area contributed by atoms with E-state index in [4.69, 9.17) is 0 Å². The van der Waals surface area contributed by atoms with Crippen LogP contribution in [-0.2, 0) is 4.79 Å². The van der Waals surface area contributed by atoms with E-state index in [2.05, 4.69) is 82.8 Å². The van der Waals surface area contributed by atoms with Crippen molar-refractivity contribution in [2.45, 2.75) is 41.5 Å². The number of carbonyl (C=O) groups excluding carboxylic acids is 1. The van der Waals surface area contributed by atoms with Gasteiger partial charge in [-0.1, -0.05) is 28.1 Å². The first-order valence-electron chi connectivity index (χ1n) is 10.5. The number of hydrogen-bond donors (Lipinski definition) is 1. The number of carbonyl (C=O) groups is 1. The van der Waals surface area contributed by atoms with Crippen LogP contribution < -0.4 is 5.32 Å². The molecule has 0 unspecified atom stereocenters. The van der Waals surface area contributed by atoms with E-state index in [1.807, 2.05) is 32.1 Å². The zero-order valence-electron chi connectivity index (χ0n) is 19.1. The Labute approximate surface area is 202 Å². The minimum absolute atomic E-state index is 0.115. The predicted octanol–water partition coefficient (Wildman–Crippen LogP) is 6.98. The molecule has 2 heterocycles. The van der Waals surface area contributed by atoms with Crippen molar-refractivity contribution < 1.29 is 4.79 Å². The summed E-state index contributed by atoms with van der Waals surface area (Å²) < 4.78 is 3.35. The summed E-state index contributed by atoms with van der Waals surface area (Å²) in [7, 11) is 0. The first-order chi connectivity index (χ1) is 15.1. The summed E-state index contributed by atoms with van der Waals surface area (Å²) in [5.74, 6) is -0.115. The van der Waals surface area contributed by atoms with Crippen LogP contribution >= 0.6 is 27.7 Å². The molecule has 2 aromatic carbocycles. The Morgan fingerprint density at radius 3 is 2.34 bits per heavy atom. The topological polar surface area (TPSA) is 46.4 Å². The maximum Gasteiger partial charge on any atom is 0.264 e. The van der Waals surface area contributed by atoms with Crippen molar-refractivity contribution in [1.29, 1.82) is 0 Å². The number of hydrogen-bond acceptors (Lipinski definition) is 3. The zero-order valence-corrected chi connectivity index (χ0v) is 21.5. The van der Waals surface area contributed by atoms with Gasteiger partial charge in [0.15, 0.2) is 5.17 Å².